The summed E-state index contributed by atoms with van der Waals surface area (Å²) >= 11 is 0. The van der Waals surface area contributed by atoms with Gasteiger partial charge in [-0.15, -0.1) is 0 Å². The Morgan fingerprint density at radius 3 is 2.94 bits per heavy atom. The van der Waals surface area contributed by atoms with E-state index >= 15 is 0 Å². The minimum Gasteiger partial charge on any atom is -0.487 e. The highest BCUT2D eigenvalue weighted by atomic mass is 16.7. The molecule has 0 bridgehead atoms. The number of ether oxygens (including phenoxy) is 4. The van der Waals surface area contributed by atoms with Crippen LogP contribution in [0.3, 0.4) is 0 Å². The number of epoxide rings is 1. The maximum Gasteiger partial charge on any atom is 0.246 e. The van der Waals surface area contributed by atoms with Crippen molar-refractivity contribution in [1.82, 2.24) is 0 Å². The second-order valence-corrected chi connectivity index (χ2v) is 4.45. The monoisotopic (exact) mass is 222 g/mol. The van der Waals surface area contributed by atoms with E-state index in [1.165, 1.54) is 0 Å². The molecule has 2 heterocycles. The number of rotatable bonds is 3. The minimum atomic E-state index is -0.613. The summed E-state index contributed by atoms with van der Waals surface area (Å²) in [6, 6.07) is 5.66. The van der Waals surface area contributed by atoms with Crippen LogP contribution in [-0.4, -0.2) is 25.1 Å². The Morgan fingerprint density at radius 2 is 2.19 bits per heavy atom. The van der Waals surface area contributed by atoms with Gasteiger partial charge in [0.15, 0.2) is 11.5 Å². The summed E-state index contributed by atoms with van der Waals surface area (Å²) < 4.78 is 22.0. The van der Waals surface area contributed by atoms with E-state index in [-0.39, 0.29) is 6.10 Å². The molecule has 1 fully saturated rings. The van der Waals surface area contributed by atoms with Crippen LogP contribution < -0.4 is 14.2 Å². The van der Waals surface area contributed by atoms with Crippen LogP contribution in [-0.2, 0) is 4.74 Å². The lowest BCUT2D eigenvalue weighted by atomic mass is 10.3. The van der Waals surface area contributed by atoms with Gasteiger partial charge in [-0.1, -0.05) is 6.07 Å². The molecule has 16 heavy (non-hydrogen) atoms. The Kier molecular flexibility index (Phi) is 2.01. The van der Waals surface area contributed by atoms with Crippen LogP contribution in [0.1, 0.15) is 13.8 Å². The van der Waals surface area contributed by atoms with Gasteiger partial charge in [0.05, 0.1) is 6.61 Å². The molecular formula is C12H14O4. The zero-order valence-electron chi connectivity index (χ0n) is 9.36. The largest absolute Gasteiger partial charge is 0.487 e. The van der Waals surface area contributed by atoms with Crippen molar-refractivity contribution >= 4 is 0 Å². The molecule has 1 saturated heterocycles. The summed E-state index contributed by atoms with van der Waals surface area (Å²) in [5.41, 5.74) is 0. The van der Waals surface area contributed by atoms with Gasteiger partial charge in [0.1, 0.15) is 12.7 Å². The summed E-state index contributed by atoms with van der Waals surface area (Å²) in [5, 5.41) is 0. The van der Waals surface area contributed by atoms with Crippen LogP contribution in [0.25, 0.3) is 0 Å². The van der Waals surface area contributed by atoms with Crippen molar-refractivity contribution in [1.29, 1.82) is 0 Å². The van der Waals surface area contributed by atoms with Crippen LogP contribution in [0.2, 0.25) is 0 Å². The van der Waals surface area contributed by atoms with E-state index in [2.05, 4.69) is 0 Å². The predicted octanol–water partition coefficient (Wildman–Crippen LogP) is 1.97. The normalized spacial score (nSPS) is 24.2. The molecule has 1 atom stereocenters. The Morgan fingerprint density at radius 1 is 1.38 bits per heavy atom. The fourth-order valence-electron chi connectivity index (χ4n) is 1.67. The molecule has 0 amide bonds. The van der Waals surface area contributed by atoms with Gasteiger partial charge >= 0.3 is 0 Å². The van der Waals surface area contributed by atoms with E-state index in [4.69, 9.17) is 18.9 Å². The maximum absolute atomic E-state index is 5.69. The van der Waals surface area contributed by atoms with Crippen LogP contribution in [0, 0.1) is 0 Å². The standard InChI is InChI=1S/C12H14O4/c1-12(2)15-10-5-3-4-9(11(10)16-12)14-7-8-6-13-8/h3-5,8H,6-7H2,1-2H3. The van der Waals surface area contributed by atoms with E-state index < -0.39 is 5.79 Å². The van der Waals surface area contributed by atoms with E-state index in [9.17, 15) is 0 Å². The Bertz CT molecular complexity index is 409. The molecule has 2 aliphatic rings. The van der Waals surface area contributed by atoms with Gasteiger partial charge < -0.3 is 18.9 Å². The molecule has 0 aliphatic carbocycles. The third-order valence-electron chi connectivity index (χ3n) is 2.47. The third-order valence-corrected chi connectivity index (χ3v) is 2.47. The highest BCUT2D eigenvalue weighted by Gasteiger charge is 2.34. The molecule has 0 saturated carbocycles. The molecule has 4 nitrogen and oxygen atoms in total. The number of para-hydroxylation sites is 1. The van der Waals surface area contributed by atoms with E-state index in [0.29, 0.717) is 12.4 Å². The Balaban J connectivity index is 1.81. The van der Waals surface area contributed by atoms with Gasteiger partial charge in [-0.2, -0.15) is 0 Å². The second kappa shape index (κ2) is 3.28. The zero-order chi connectivity index (χ0) is 11.2. The van der Waals surface area contributed by atoms with Crippen LogP contribution in [0.15, 0.2) is 18.2 Å². The summed E-state index contributed by atoms with van der Waals surface area (Å²) in [7, 11) is 0. The Labute approximate surface area is 94.1 Å². The molecule has 2 aliphatic heterocycles. The van der Waals surface area contributed by atoms with E-state index in [1.807, 2.05) is 32.0 Å². The van der Waals surface area contributed by atoms with Crippen molar-refractivity contribution in [2.75, 3.05) is 13.2 Å². The van der Waals surface area contributed by atoms with Crippen molar-refractivity contribution in [3.05, 3.63) is 18.2 Å². The Hall–Kier alpha value is -1.42. The first-order valence-electron chi connectivity index (χ1n) is 5.39. The second-order valence-electron chi connectivity index (χ2n) is 4.45. The number of hydrogen-bond donors (Lipinski definition) is 0. The highest BCUT2D eigenvalue weighted by molar-refractivity contribution is 5.53. The molecule has 4 heteroatoms. The quantitative estimate of drug-likeness (QED) is 0.733. The predicted molar refractivity (Wildman–Crippen MR) is 57.0 cm³/mol. The molecule has 0 radical (unpaired) electrons. The molecule has 0 spiro atoms. The fraction of sp³-hybridized carbons (Fsp3) is 0.500. The highest BCUT2D eigenvalue weighted by Crippen LogP contribution is 2.45. The topological polar surface area (TPSA) is 40.2 Å². The zero-order valence-corrected chi connectivity index (χ0v) is 9.36. The lowest BCUT2D eigenvalue weighted by Crippen LogP contribution is -2.29. The van der Waals surface area contributed by atoms with Crippen LogP contribution in [0.5, 0.6) is 17.2 Å². The van der Waals surface area contributed by atoms with Crippen molar-refractivity contribution < 1.29 is 18.9 Å². The van der Waals surface area contributed by atoms with Gasteiger partial charge in [-0.25, -0.2) is 0 Å². The number of benzene rings is 1. The maximum atomic E-state index is 5.69. The van der Waals surface area contributed by atoms with Gasteiger partial charge in [0.2, 0.25) is 11.5 Å². The summed E-state index contributed by atoms with van der Waals surface area (Å²) in [4.78, 5) is 0. The lowest BCUT2D eigenvalue weighted by molar-refractivity contribution is -0.0441. The molecule has 3 rings (SSSR count). The molecule has 0 N–H and O–H groups in total. The van der Waals surface area contributed by atoms with Gasteiger partial charge in [-0.05, 0) is 12.1 Å². The number of hydrogen-bond acceptors (Lipinski definition) is 4. The smallest absolute Gasteiger partial charge is 0.246 e. The van der Waals surface area contributed by atoms with Crippen LogP contribution >= 0.6 is 0 Å². The van der Waals surface area contributed by atoms with E-state index in [0.717, 1.165) is 18.1 Å². The van der Waals surface area contributed by atoms with Crippen LogP contribution in [0.4, 0.5) is 0 Å². The summed E-state index contributed by atoms with van der Waals surface area (Å²) in [6.07, 6.45) is 0.242. The lowest BCUT2D eigenvalue weighted by Gasteiger charge is -2.16. The van der Waals surface area contributed by atoms with E-state index in [1.54, 1.807) is 0 Å². The first-order chi connectivity index (χ1) is 7.64. The molecule has 1 unspecified atom stereocenters. The van der Waals surface area contributed by atoms with Crippen molar-refractivity contribution in [3.8, 4) is 17.2 Å². The molecular weight excluding hydrogens is 208 g/mol. The average Bonchev–Trinajstić information content (AvgIpc) is 2.96. The molecule has 1 aromatic carbocycles. The van der Waals surface area contributed by atoms with Gasteiger partial charge in [0, 0.05) is 13.8 Å². The third kappa shape index (κ3) is 1.80. The van der Waals surface area contributed by atoms with Gasteiger partial charge in [0.25, 0.3) is 0 Å². The first-order valence-corrected chi connectivity index (χ1v) is 5.39. The molecule has 1 aromatic rings. The number of fused-ring (bicyclic) bond motifs is 1. The van der Waals surface area contributed by atoms with Crippen molar-refractivity contribution in [3.63, 3.8) is 0 Å². The summed E-state index contributed by atoms with van der Waals surface area (Å²) in [5.74, 6) is 1.53. The minimum absolute atomic E-state index is 0.242. The SMILES string of the molecule is CC1(C)Oc2cccc(OCC3CO3)c2O1. The summed E-state index contributed by atoms with van der Waals surface area (Å²) in [6.45, 7) is 5.11. The van der Waals surface area contributed by atoms with Crippen molar-refractivity contribution in [2.24, 2.45) is 0 Å². The van der Waals surface area contributed by atoms with Gasteiger partial charge in [-0.3, -0.25) is 0 Å². The average molecular weight is 222 g/mol. The fourth-order valence-corrected chi connectivity index (χ4v) is 1.67. The first kappa shape index (κ1) is 9.78. The van der Waals surface area contributed by atoms with Crippen molar-refractivity contribution in [2.45, 2.75) is 25.7 Å². The molecule has 86 valence electrons. The molecule has 0 aromatic heterocycles.